The molecule has 0 aromatic heterocycles. The number of unbranched alkanes of at least 4 members (excludes halogenated alkanes) is 17. The number of rotatable bonds is 33. The van der Waals surface area contributed by atoms with Gasteiger partial charge in [0, 0.05) is 19.3 Å². The lowest BCUT2D eigenvalue weighted by atomic mass is 9.91. The lowest BCUT2D eigenvalue weighted by Crippen LogP contribution is -2.72. The van der Waals surface area contributed by atoms with E-state index in [4.69, 9.17) is 0 Å². The summed E-state index contributed by atoms with van der Waals surface area (Å²) in [6.07, 6.45) is 30.3. The van der Waals surface area contributed by atoms with Crippen molar-refractivity contribution in [1.29, 1.82) is 0 Å². The molecular weight excluding hydrogens is 566 g/mol. The first-order chi connectivity index (χ1) is 21.7. The fourth-order valence-electron chi connectivity index (χ4n) is 7.16. The molecule has 0 fully saturated rings. The highest BCUT2D eigenvalue weighted by Crippen LogP contribution is 2.34. The van der Waals surface area contributed by atoms with E-state index in [1.807, 2.05) is 20.8 Å². The standard InChI is InChI=1S/C38H71NO6/c1-5-9-10-11-12-13-14-15-16-17-18-19-20-21-22-23-24-25-26-27-28-32-39(33(29-6-2)36(40)41,34(30-7-3)37(42)43)35(31-8-4)38(44)45/h15-16,33-35H,5-14,17-32H2,1-4H3,(H2-,40,41,42,43,44,45)/p+1/b16-15+. The molecule has 0 saturated carbocycles. The molecule has 0 aromatic rings. The van der Waals surface area contributed by atoms with E-state index >= 15 is 0 Å². The summed E-state index contributed by atoms with van der Waals surface area (Å²) in [7, 11) is 0. The quantitative estimate of drug-likeness (QED) is 0.0374. The number of hydrogen-bond donors (Lipinski definition) is 3. The Morgan fingerprint density at radius 1 is 0.444 bits per heavy atom. The zero-order chi connectivity index (χ0) is 33.8. The molecule has 3 unspecified atom stereocenters. The number of carboxylic acids is 3. The van der Waals surface area contributed by atoms with Gasteiger partial charge in [-0.25, -0.2) is 14.4 Å². The molecule has 0 aliphatic rings. The first kappa shape index (κ1) is 43.1. The third-order valence-corrected chi connectivity index (χ3v) is 9.59. The molecule has 0 aliphatic carbocycles. The van der Waals surface area contributed by atoms with Crippen LogP contribution >= 0.6 is 0 Å². The van der Waals surface area contributed by atoms with Crippen molar-refractivity contribution in [1.82, 2.24) is 0 Å². The van der Waals surface area contributed by atoms with Crippen molar-refractivity contribution in [3.8, 4) is 0 Å². The smallest absolute Gasteiger partial charge is 0.362 e. The van der Waals surface area contributed by atoms with Crippen molar-refractivity contribution in [3.05, 3.63) is 12.2 Å². The Morgan fingerprint density at radius 2 is 0.733 bits per heavy atom. The molecule has 7 heteroatoms. The second kappa shape index (κ2) is 28.3. The SMILES string of the molecule is CCCCCCCC/C=C/CCCCCCCCCCCCC[N+](C(CCC)C(=O)O)(C(CCC)C(=O)O)C(CCC)C(=O)O. The summed E-state index contributed by atoms with van der Waals surface area (Å²) < 4.78 is -0.371. The van der Waals surface area contributed by atoms with Crippen LogP contribution in [0.15, 0.2) is 12.2 Å². The second-order valence-corrected chi connectivity index (χ2v) is 13.4. The van der Waals surface area contributed by atoms with Crippen LogP contribution in [0.2, 0.25) is 0 Å². The van der Waals surface area contributed by atoms with Crippen LogP contribution < -0.4 is 0 Å². The monoisotopic (exact) mass is 639 g/mol. The van der Waals surface area contributed by atoms with Crippen molar-refractivity contribution in [2.75, 3.05) is 6.54 Å². The second-order valence-electron chi connectivity index (χ2n) is 13.4. The molecule has 0 saturated heterocycles. The first-order valence-electron chi connectivity index (χ1n) is 18.9. The van der Waals surface area contributed by atoms with Gasteiger partial charge in [0.1, 0.15) is 0 Å². The van der Waals surface area contributed by atoms with Crippen molar-refractivity contribution < 1.29 is 34.2 Å². The Hall–Kier alpha value is -1.89. The molecule has 0 heterocycles. The van der Waals surface area contributed by atoms with Crippen LogP contribution in [0.25, 0.3) is 0 Å². The van der Waals surface area contributed by atoms with Crippen LogP contribution in [0, 0.1) is 0 Å². The number of hydrogen-bond acceptors (Lipinski definition) is 3. The fraction of sp³-hybridized carbons (Fsp3) is 0.868. The van der Waals surface area contributed by atoms with E-state index < -0.39 is 36.0 Å². The van der Waals surface area contributed by atoms with Gasteiger partial charge < -0.3 is 15.3 Å². The van der Waals surface area contributed by atoms with Gasteiger partial charge in [-0.15, -0.1) is 0 Å². The molecule has 7 nitrogen and oxygen atoms in total. The third kappa shape index (κ3) is 18.1. The van der Waals surface area contributed by atoms with Crippen LogP contribution in [-0.4, -0.2) is 62.4 Å². The molecule has 0 rings (SSSR count). The van der Waals surface area contributed by atoms with Gasteiger partial charge in [-0.1, -0.05) is 123 Å². The summed E-state index contributed by atoms with van der Waals surface area (Å²) in [5.74, 6) is -3.25. The van der Waals surface area contributed by atoms with Crippen LogP contribution in [0.1, 0.15) is 188 Å². The third-order valence-electron chi connectivity index (χ3n) is 9.59. The summed E-state index contributed by atoms with van der Waals surface area (Å²) in [4.78, 5) is 37.8. The van der Waals surface area contributed by atoms with E-state index in [2.05, 4.69) is 19.1 Å². The largest absolute Gasteiger partial charge is 0.477 e. The lowest BCUT2D eigenvalue weighted by molar-refractivity contribution is -0.973. The Balaban J connectivity index is 4.66. The van der Waals surface area contributed by atoms with E-state index in [1.54, 1.807) is 0 Å². The van der Waals surface area contributed by atoms with Crippen LogP contribution in [0.5, 0.6) is 0 Å². The molecular formula is C38H72NO6+. The number of aliphatic carboxylic acids is 3. The minimum absolute atomic E-state index is 0.270. The van der Waals surface area contributed by atoms with Gasteiger partial charge in [-0.3, -0.25) is 4.48 Å². The maximum Gasteiger partial charge on any atom is 0.362 e. The minimum atomic E-state index is -1.08. The van der Waals surface area contributed by atoms with Gasteiger partial charge in [-0.2, -0.15) is 0 Å². The number of carbonyl (C=O) groups is 3. The molecule has 0 radical (unpaired) electrons. The molecule has 264 valence electrons. The fourth-order valence-corrected chi connectivity index (χ4v) is 7.16. The predicted molar refractivity (Wildman–Crippen MR) is 187 cm³/mol. The summed E-state index contributed by atoms with van der Waals surface area (Å²) in [6, 6.07) is -3.13. The Labute approximate surface area is 276 Å². The van der Waals surface area contributed by atoms with Gasteiger partial charge in [0.15, 0.2) is 18.1 Å². The van der Waals surface area contributed by atoms with Crippen molar-refractivity contribution in [2.45, 2.75) is 206 Å². The molecule has 0 bridgehead atoms. The van der Waals surface area contributed by atoms with E-state index in [-0.39, 0.29) is 30.3 Å². The number of quaternary nitrogens is 1. The van der Waals surface area contributed by atoms with Crippen LogP contribution in [0.4, 0.5) is 0 Å². The minimum Gasteiger partial charge on any atom is -0.477 e. The Bertz CT molecular complexity index is 722. The predicted octanol–water partition coefficient (Wildman–Crippen LogP) is 10.6. The van der Waals surface area contributed by atoms with E-state index in [9.17, 15) is 29.7 Å². The Kier molecular flexibility index (Phi) is 27.2. The maximum absolute atomic E-state index is 12.6. The summed E-state index contributed by atoms with van der Waals surface area (Å²) in [5, 5.41) is 30.9. The van der Waals surface area contributed by atoms with Gasteiger partial charge >= 0.3 is 17.9 Å². The topological polar surface area (TPSA) is 112 Å². The Morgan fingerprint density at radius 3 is 1.02 bits per heavy atom. The number of carboxylic acid groups (broad SMARTS) is 3. The maximum atomic E-state index is 12.6. The highest BCUT2D eigenvalue weighted by atomic mass is 16.4. The van der Waals surface area contributed by atoms with E-state index in [1.165, 1.54) is 96.3 Å². The highest BCUT2D eigenvalue weighted by molar-refractivity contribution is 5.78. The molecule has 3 N–H and O–H groups in total. The molecule has 45 heavy (non-hydrogen) atoms. The number of allylic oxidation sites excluding steroid dienone is 2. The molecule has 3 atom stereocenters. The zero-order valence-electron chi connectivity index (χ0n) is 29.8. The van der Waals surface area contributed by atoms with Crippen molar-refractivity contribution in [2.24, 2.45) is 0 Å². The van der Waals surface area contributed by atoms with Crippen LogP contribution in [-0.2, 0) is 14.4 Å². The van der Waals surface area contributed by atoms with Crippen molar-refractivity contribution in [3.63, 3.8) is 0 Å². The van der Waals surface area contributed by atoms with Crippen LogP contribution in [0.3, 0.4) is 0 Å². The molecule has 0 aromatic carbocycles. The summed E-state index contributed by atoms with van der Waals surface area (Å²) >= 11 is 0. The number of nitrogens with zero attached hydrogens (tertiary/aromatic N) is 1. The van der Waals surface area contributed by atoms with Crippen molar-refractivity contribution >= 4 is 17.9 Å². The normalized spacial score (nSPS) is 15.1. The van der Waals surface area contributed by atoms with E-state index in [0.29, 0.717) is 25.7 Å². The molecule has 0 spiro atoms. The average Bonchev–Trinajstić information content (AvgIpc) is 3.00. The molecule has 0 amide bonds. The lowest BCUT2D eigenvalue weighted by Gasteiger charge is -2.50. The highest BCUT2D eigenvalue weighted by Gasteiger charge is 2.56. The first-order valence-corrected chi connectivity index (χ1v) is 18.9. The average molecular weight is 639 g/mol. The van der Waals surface area contributed by atoms with Gasteiger partial charge in [0.25, 0.3) is 0 Å². The zero-order valence-corrected chi connectivity index (χ0v) is 29.8. The summed E-state index contributed by atoms with van der Waals surface area (Å²) in [6.45, 7) is 8.18. The summed E-state index contributed by atoms with van der Waals surface area (Å²) in [5.41, 5.74) is 0. The van der Waals surface area contributed by atoms with Gasteiger partial charge in [-0.05, 0) is 57.8 Å². The molecule has 0 aliphatic heterocycles. The van der Waals surface area contributed by atoms with Gasteiger partial charge in [0.05, 0.1) is 6.54 Å². The van der Waals surface area contributed by atoms with E-state index in [0.717, 1.165) is 19.3 Å². The van der Waals surface area contributed by atoms with Gasteiger partial charge in [0.2, 0.25) is 0 Å².